The number of unbranched alkanes of at least 4 members (excludes halogenated alkanes) is 1. The molecule has 0 bridgehead atoms. The molecule has 4 nitrogen and oxygen atoms in total. The molecule has 0 amide bonds. The molecule has 5 heteroatoms. The number of halogens is 1. The topological polar surface area (TPSA) is 55.2 Å². The van der Waals surface area contributed by atoms with Crippen LogP contribution in [0.3, 0.4) is 0 Å². The van der Waals surface area contributed by atoms with Crippen molar-refractivity contribution in [1.82, 2.24) is 5.32 Å². The van der Waals surface area contributed by atoms with Gasteiger partial charge in [-0.05, 0) is 30.5 Å². The van der Waals surface area contributed by atoms with Crippen LogP contribution in [0.25, 0.3) is 0 Å². The molecule has 0 saturated carbocycles. The van der Waals surface area contributed by atoms with Gasteiger partial charge in [-0.25, -0.2) is 0 Å². The molecule has 19 heavy (non-hydrogen) atoms. The zero-order valence-electron chi connectivity index (χ0n) is 11.5. The Bertz CT molecular complexity index is 422. The van der Waals surface area contributed by atoms with Crippen molar-refractivity contribution in [2.24, 2.45) is 5.92 Å². The fourth-order valence-corrected chi connectivity index (χ4v) is 2.40. The normalized spacial score (nSPS) is 10.9. The molecule has 0 aromatic heterocycles. The third kappa shape index (κ3) is 6.68. The molecule has 0 aliphatic heterocycles. The van der Waals surface area contributed by atoms with Gasteiger partial charge in [0.25, 0.3) is 5.69 Å². The molecule has 0 heterocycles. The lowest BCUT2D eigenvalue weighted by atomic mass is 10.1. The lowest BCUT2D eigenvalue weighted by Gasteiger charge is -2.07. The molecule has 0 radical (unpaired) electrons. The van der Waals surface area contributed by atoms with Crippen molar-refractivity contribution in [3.05, 3.63) is 38.3 Å². The molecule has 1 aromatic carbocycles. The summed E-state index contributed by atoms with van der Waals surface area (Å²) in [6.07, 6.45) is 3.63. The Morgan fingerprint density at radius 1 is 1.32 bits per heavy atom. The van der Waals surface area contributed by atoms with Crippen LogP contribution in [0.5, 0.6) is 0 Å². The Labute approximate surface area is 122 Å². The van der Waals surface area contributed by atoms with E-state index in [2.05, 4.69) is 35.1 Å². The van der Waals surface area contributed by atoms with Crippen molar-refractivity contribution in [2.75, 3.05) is 6.54 Å². The Hall–Kier alpha value is -0.940. The summed E-state index contributed by atoms with van der Waals surface area (Å²) < 4.78 is 0.748. The van der Waals surface area contributed by atoms with Gasteiger partial charge >= 0.3 is 0 Å². The summed E-state index contributed by atoms with van der Waals surface area (Å²) in [5.74, 6) is 0.757. The second kappa shape index (κ2) is 8.27. The van der Waals surface area contributed by atoms with Crippen LogP contribution in [-0.2, 0) is 6.54 Å². The van der Waals surface area contributed by atoms with Gasteiger partial charge in [-0.3, -0.25) is 10.1 Å². The number of nitrogens with zero attached hydrogens (tertiary/aromatic N) is 1. The number of hydrogen-bond acceptors (Lipinski definition) is 3. The first-order valence-corrected chi connectivity index (χ1v) is 7.43. The van der Waals surface area contributed by atoms with Crippen molar-refractivity contribution >= 4 is 21.6 Å². The van der Waals surface area contributed by atoms with E-state index in [4.69, 9.17) is 0 Å². The third-order valence-corrected chi connectivity index (χ3v) is 3.33. The lowest BCUT2D eigenvalue weighted by molar-refractivity contribution is -0.385. The van der Waals surface area contributed by atoms with Crippen molar-refractivity contribution < 1.29 is 4.92 Å². The summed E-state index contributed by atoms with van der Waals surface area (Å²) in [4.78, 5) is 10.4. The Morgan fingerprint density at radius 3 is 2.68 bits per heavy atom. The monoisotopic (exact) mass is 328 g/mol. The first-order chi connectivity index (χ1) is 8.99. The highest BCUT2D eigenvalue weighted by molar-refractivity contribution is 9.10. The predicted molar refractivity (Wildman–Crippen MR) is 81.2 cm³/mol. The van der Waals surface area contributed by atoms with Crippen LogP contribution in [0.4, 0.5) is 5.69 Å². The van der Waals surface area contributed by atoms with Gasteiger partial charge in [0.1, 0.15) is 0 Å². The number of nitrogens with one attached hydrogen (secondary N) is 1. The summed E-state index contributed by atoms with van der Waals surface area (Å²) >= 11 is 3.30. The van der Waals surface area contributed by atoms with E-state index in [1.54, 1.807) is 6.07 Å². The van der Waals surface area contributed by atoms with Gasteiger partial charge < -0.3 is 5.32 Å². The van der Waals surface area contributed by atoms with E-state index in [1.165, 1.54) is 18.9 Å². The number of rotatable bonds is 8. The highest BCUT2D eigenvalue weighted by Crippen LogP contribution is 2.21. The van der Waals surface area contributed by atoms with Crippen LogP contribution >= 0.6 is 15.9 Å². The molecule has 1 aromatic rings. The maximum absolute atomic E-state index is 10.7. The fourth-order valence-electron chi connectivity index (χ4n) is 1.88. The molecule has 0 aliphatic carbocycles. The Kier molecular flexibility index (Phi) is 7.02. The first kappa shape index (κ1) is 16.1. The van der Waals surface area contributed by atoms with Gasteiger partial charge in [-0.2, -0.15) is 0 Å². The Morgan fingerprint density at radius 2 is 2.05 bits per heavy atom. The van der Waals surface area contributed by atoms with E-state index in [0.29, 0.717) is 6.54 Å². The largest absolute Gasteiger partial charge is 0.313 e. The van der Waals surface area contributed by atoms with Gasteiger partial charge in [0.2, 0.25) is 0 Å². The van der Waals surface area contributed by atoms with Gasteiger partial charge in [0.05, 0.1) is 4.92 Å². The van der Waals surface area contributed by atoms with Crippen LogP contribution in [0, 0.1) is 16.0 Å². The molecular formula is C14H21BrN2O2. The average molecular weight is 329 g/mol. The summed E-state index contributed by atoms with van der Waals surface area (Å²) in [5, 5.41) is 14.1. The number of benzene rings is 1. The first-order valence-electron chi connectivity index (χ1n) is 6.63. The van der Waals surface area contributed by atoms with Crippen LogP contribution in [0.2, 0.25) is 0 Å². The maximum Gasteiger partial charge on any atom is 0.270 e. The van der Waals surface area contributed by atoms with E-state index >= 15 is 0 Å². The smallest absolute Gasteiger partial charge is 0.270 e. The van der Waals surface area contributed by atoms with Crippen molar-refractivity contribution in [2.45, 2.75) is 39.7 Å². The number of nitro benzene ring substituents is 1. The molecule has 106 valence electrons. The van der Waals surface area contributed by atoms with Crippen LogP contribution in [0.15, 0.2) is 22.7 Å². The number of hydrogen-bond donors (Lipinski definition) is 1. The molecule has 0 spiro atoms. The Balaban J connectivity index is 2.35. The van der Waals surface area contributed by atoms with Crippen LogP contribution < -0.4 is 5.32 Å². The number of nitro groups is 1. The molecule has 1 rings (SSSR count). The van der Waals surface area contributed by atoms with Gasteiger partial charge in [0, 0.05) is 23.2 Å². The molecule has 0 fully saturated rings. The van der Waals surface area contributed by atoms with Crippen molar-refractivity contribution in [3.8, 4) is 0 Å². The van der Waals surface area contributed by atoms with Gasteiger partial charge in [-0.15, -0.1) is 0 Å². The quantitative estimate of drug-likeness (QED) is 0.440. The SMILES string of the molecule is CC(C)CCCCNCc1cc(Br)cc([N+](=O)[O-])c1. The molecule has 1 N–H and O–H groups in total. The second-order valence-corrected chi connectivity index (χ2v) is 6.06. The summed E-state index contributed by atoms with van der Waals surface area (Å²) in [6.45, 7) is 6.08. The zero-order chi connectivity index (χ0) is 14.3. The van der Waals surface area contributed by atoms with E-state index in [9.17, 15) is 10.1 Å². The van der Waals surface area contributed by atoms with Crippen molar-refractivity contribution in [1.29, 1.82) is 0 Å². The molecular weight excluding hydrogens is 308 g/mol. The highest BCUT2D eigenvalue weighted by atomic mass is 79.9. The van der Waals surface area contributed by atoms with Crippen molar-refractivity contribution in [3.63, 3.8) is 0 Å². The minimum atomic E-state index is -0.364. The van der Waals surface area contributed by atoms with Crippen LogP contribution in [-0.4, -0.2) is 11.5 Å². The highest BCUT2D eigenvalue weighted by Gasteiger charge is 2.08. The predicted octanol–water partition coefficient (Wildman–Crippen LogP) is 4.27. The molecule has 0 saturated heterocycles. The zero-order valence-corrected chi connectivity index (χ0v) is 13.1. The third-order valence-electron chi connectivity index (χ3n) is 2.87. The fraction of sp³-hybridized carbons (Fsp3) is 0.571. The summed E-state index contributed by atoms with van der Waals surface area (Å²) in [5.41, 5.74) is 1.07. The van der Waals surface area contributed by atoms with E-state index in [1.807, 2.05) is 6.07 Å². The minimum Gasteiger partial charge on any atom is -0.313 e. The standard InChI is InChI=1S/C14H21BrN2O2/c1-11(2)5-3-4-6-16-10-12-7-13(15)9-14(8-12)17(18)19/h7-9,11,16H,3-6,10H2,1-2H3. The van der Waals surface area contributed by atoms with Crippen LogP contribution in [0.1, 0.15) is 38.7 Å². The minimum absolute atomic E-state index is 0.131. The van der Waals surface area contributed by atoms with Gasteiger partial charge in [-0.1, -0.05) is 42.6 Å². The van der Waals surface area contributed by atoms with E-state index < -0.39 is 0 Å². The lowest BCUT2D eigenvalue weighted by Crippen LogP contribution is -2.15. The molecule has 0 atom stereocenters. The molecule has 0 unspecified atom stereocenters. The average Bonchev–Trinajstić information content (AvgIpc) is 2.32. The van der Waals surface area contributed by atoms with E-state index in [-0.39, 0.29) is 10.6 Å². The summed E-state index contributed by atoms with van der Waals surface area (Å²) in [7, 11) is 0. The summed E-state index contributed by atoms with van der Waals surface area (Å²) in [6, 6.07) is 5.05. The number of non-ortho nitro benzene ring substituents is 1. The van der Waals surface area contributed by atoms with E-state index in [0.717, 1.165) is 28.9 Å². The second-order valence-electron chi connectivity index (χ2n) is 5.14. The molecule has 0 aliphatic rings. The van der Waals surface area contributed by atoms with Gasteiger partial charge in [0.15, 0.2) is 0 Å². The maximum atomic E-state index is 10.7.